The molecule has 0 aliphatic heterocycles. The standard InChI is InChI=1S/C31H34F3N3O4/c1-6-24(21-12-15-25(18(3)16-21)41-30(4,5)29(39)40-7-2)36-28(38)23-17-35-27(37-26(23)19-8-9-19)20-10-13-22(14-11-20)31(32,33)34/h10-17,19,24H,6-9H2,1-5H3,(H,36,38). The molecule has 0 saturated heterocycles. The number of carbonyl (C=O) groups is 2. The molecule has 2 aromatic carbocycles. The predicted octanol–water partition coefficient (Wildman–Crippen LogP) is 6.95. The molecular formula is C31H34F3N3O4. The number of ether oxygens (including phenoxy) is 2. The van der Waals surface area contributed by atoms with Crippen LogP contribution in [0, 0.1) is 6.92 Å². The van der Waals surface area contributed by atoms with E-state index in [4.69, 9.17) is 9.47 Å². The molecule has 1 heterocycles. The van der Waals surface area contributed by atoms with Gasteiger partial charge >= 0.3 is 12.1 Å². The highest BCUT2D eigenvalue weighted by Crippen LogP contribution is 2.41. The minimum atomic E-state index is -4.43. The maximum atomic E-state index is 13.4. The molecule has 1 aliphatic rings. The molecular weight excluding hydrogens is 535 g/mol. The van der Waals surface area contributed by atoms with Gasteiger partial charge in [-0.15, -0.1) is 0 Å². The van der Waals surface area contributed by atoms with Crippen LogP contribution < -0.4 is 10.1 Å². The van der Waals surface area contributed by atoms with E-state index in [0.717, 1.165) is 36.1 Å². The summed E-state index contributed by atoms with van der Waals surface area (Å²) in [6.07, 6.45) is -0.604. The van der Waals surface area contributed by atoms with Crippen LogP contribution in [0.3, 0.4) is 0 Å². The summed E-state index contributed by atoms with van der Waals surface area (Å²) < 4.78 is 49.9. The van der Waals surface area contributed by atoms with Crippen LogP contribution in [0.2, 0.25) is 0 Å². The lowest BCUT2D eigenvalue weighted by atomic mass is 10.0. The second-order valence-corrected chi connectivity index (χ2v) is 10.6. The molecule has 41 heavy (non-hydrogen) atoms. The Morgan fingerprint density at radius 3 is 2.32 bits per heavy atom. The first-order valence-electron chi connectivity index (χ1n) is 13.7. The van der Waals surface area contributed by atoms with Gasteiger partial charge in [0.2, 0.25) is 0 Å². The summed E-state index contributed by atoms with van der Waals surface area (Å²) in [6.45, 7) is 9.12. The maximum absolute atomic E-state index is 13.4. The highest BCUT2D eigenvalue weighted by atomic mass is 19.4. The Bertz CT molecular complexity index is 1420. The Morgan fingerprint density at radius 1 is 1.07 bits per heavy atom. The third-order valence-corrected chi connectivity index (χ3v) is 6.94. The number of nitrogens with one attached hydrogen (secondary N) is 1. The predicted molar refractivity (Wildman–Crippen MR) is 147 cm³/mol. The first-order chi connectivity index (χ1) is 19.3. The normalized spacial score (nSPS) is 14.3. The number of rotatable bonds is 10. The topological polar surface area (TPSA) is 90.4 Å². The van der Waals surface area contributed by atoms with Crippen LogP contribution in [0.4, 0.5) is 13.2 Å². The molecule has 4 rings (SSSR count). The van der Waals surface area contributed by atoms with Crippen molar-refractivity contribution in [1.82, 2.24) is 15.3 Å². The van der Waals surface area contributed by atoms with Gasteiger partial charge in [0, 0.05) is 17.7 Å². The molecule has 0 bridgehead atoms. The van der Waals surface area contributed by atoms with Crippen molar-refractivity contribution in [2.45, 2.75) is 77.6 Å². The van der Waals surface area contributed by atoms with E-state index in [0.29, 0.717) is 29.0 Å². The van der Waals surface area contributed by atoms with Gasteiger partial charge in [0.1, 0.15) is 5.75 Å². The van der Waals surface area contributed by atoms with Crippen LogP contribution in [0.25, 0.3) is 11.4 Å². The van der Waals surface area contributed by atoms with Crippen LogP contribution in [0.1, 0.15) is 91.7 Å². The number of nitrogens with zero attached hydrogens (tertiary/aromatic N) is 2. The lowest BCUT2D eigenvalue weighted by Gasteiger charge is -2.26. The molecule has 1 atom stereocenters. The average molecular weight is 570 g/mol. The van der Waals surface area contributed by atoms with Gasteiger partial charge in [-0.25, -0.2) is 14.8 Å². The summed E-state index contributed by atoms with van der Waals surface area (Å²) in [5.41, 5.74) is 1.17. The molecule has 0 spiro atoms. The Morgan fingerprint density at radius 2 is 1.76 bits per heavy atom. The third-order valence-electron chi connectivity index (χ3n) is 6.94. The zero-order valence-electron chi connectivity index (χ0n) is 23.8. The van der Waals surface area contributed by atoms with Crippen molar-refractivity contribution in [2.75, 3.05) is 6.61 Å². The minimum Gasteiger partial charge on any atom is -0.476 e. The summed E-state index contributed by atoms with van der Waals surface area (Å²) in [6, 6.07) is 9.90. The summed E-state index contributed by atoms with van der Waals surface area (Å²) in [5.74, 6) is 0.144. The number of benzene rings is 2. The zero-order chi connectivity index (χ0) is 29.9. The number of carbonyl (C=O) groups excluding carboxylic acids is 2. The van der Waals surface area contributed by atoms with Crippen LogP contribution in [-0.4, -0.2) is 34.1 Å². The second-order valence-electron chi connectivity index (χ2n) is 10.6. The molecule has 1 aliphatic carbocycles. The zero-order valence-corrected chi connectivity index (χ0v) is 23.8. The van der Waals surface area contributed by atoms with Crippen molar-refractivity contribution in [2.24, 2.45) is 0 Å². The van der Waals surface area contributed by atoms with E-state index < -0.39 is 23.3 Å². The van der Waals surface area contributed by atoms with E-state index >= 15 is 0 Å². The van der Waals surface area contributed by atoms with Crippen molar-refractivity contribution in [1.29, 1.82) is 0 Å². The molecule has 1 N–H and O–H groups in total. The first kappa shape index (κ1) is 30.0. The minimum absolute atomic E-state index is 0.105. The number of aryl methyl sites for hydroxylation is 1. The fourth-order valence-corrected chi connectivity index (χ4v) is 4.47. The number of hydrogen-bond acceptors (Lipinski definition) is 6. The number of amides is 1. The lowest BCUT2D eigenvalue weighted by molar-refractivity contribution is -0.158. The summed E-state index contributed by atoms with van der Waals surface area (Å²) in [4.78, 5) is 34.6. The van der Waals surface area contributed by atoms with Crippen molar-refractivity contribution in [3.8, 4) is 17.1 Å². The van der Waals surface area contributed by atoms with E-state index in [9.17, 15) is 22.8 Å². The molecule has 1 amide bonds. The fourth-order valence-electron chi connectivity index (χ4n) is 4.47. The smallest absolute Gasteiger partial charge is 0.416 e. The highest BCUT2D eigenvalue weighted by Gasteiger charge is 2.34. The number of halogens is 3. The number of alkyl halides is 3. The molecule has 1 fully saturated rings. The summed E-state index contributed by atoms with van der Waals surface area (Å²) in [7, 11) is 0. The van der Waals surface area contributed by atoms with Gasteiger partial charge in [-0.05, 0) is 76.3 Å². The van der Waals surface area contributed by atoms with Gasteiger partial charge in [0.05, 0.1) is 29.5 Å². The average Bonchev–Trinajstić information content (AvgIpc) is 3.78. The van der Waals surface area contributed by atoms with Crippen molar-refractivity contribution in [3.63, 3.8) is 0 Å². The van der Waals surface area contributed by atoms with E-state index in [-0.39, 0.29) is 30.3 Å². The monoisotopic (exact) mass is 569 g/mol. The van der Waals surface area contributed by atoms with Gasteiger partial charge in [-0.1, -0.05) is 31.2 Å². The third kappa shape index (κ3) is 7.04. The number of hydrogen-bond donors (Lipinski definition) is 1. The van der Waals surface area contributed by atoms with Crippen molar-refractivity contribution < 1.29 is 32.2 Å². The Hall–Kier alpha value is -3.95. The van der Waals surface area contributed by atoms with Gasteiger partial charge < -0.3 is 14.8 Å². The largest absolute Gasteiger partial charge is 0.476 e. The van der Waals surface area contributed by atoms with Crippen LogP contribution >= 0.6 is 0 Å². The van der Waals surface area contributed by atoms with E-state index in [1.165, 1.54) is 18.3 Å². The van der Waals surface area contributed by atoms with E-state index in [1.54, 1.807) is 26.8 Å². The Kier molecular flexibility index (Phi) is 8.70. The summed E-state index contributed by atoms with van der Waals surface area (Å²) in [5, 5.41) is 3.08. The molecule has 218 valence electrons. The Balaban J connectivity index is 1.53. The van der Waals surface area contributed by atoms with E-state index in [1.807, 2.05) is 26.0 Å². The van der Waals surface area contributed by atoms with Crippen LogP contribution in [-0.2, 0) is 15.7 Å². The molecule has 1 saturated carbocycles. The summed E-state index contributed by atoms with van der Waals surface area (Å²) >= 11 is 0. The lowest BCUT2D eigenvalue weighted by Crippen LogP contribution is -2.40. The van der Waals surface area contributed by atoms with Gasteiger partial charge in [-0.3, -0.25) is 4.79 Å². The van der Waals surface area contributed by atoms with Crippen molar-refractivity contribution >= 4 is 11.9 Å². The molecule has 1 unspecified atom stereocenters. The van der Waals surface area contributed by atoms with E-state index in [2.05, 4.69) is 15.3 Å². The van der Waals surface area contributed by atoms with Crippen molar-refractivity contribution in [3.05, 3.63) is 76.6 Å². The number of esters is 1. The van der Waals surface area contributed by atoms with Gasteiger partial charge in [-0.2, -0.15) is 13.2 Å². The SMILES string of the molecule is CCOC(=O)C(C)(C)Oc1ccc(C(CC)NC(=O)c2cnc(-c3ccc(C(F)(F)F)cc3)nc2C2CC2)cc1C. The first-order valence-corrected chi connectivity index (χ1v) is 13.7. The fraction of sp³-hybridized carbons (Fsp3) is 0.419. The van der Waals surface area contributed by atoms with Crippen LogP contribution in [0.5, 0.6) is 5.75 Å². The Labute approximate surface area is 237 Å². The van der Waals surface area contributed by atoms with Gasteiger partial charge in [0.25, 0.3) is 5.91 Å². The second kappa shape index (κ2) is 11.9. The molecule has 0 radical (unpaired) electrons. The molecule has 1 aromatic heterocycles. The van der Waals surface area contributed by atoms with Crippen LogP contribution in [0.15, 0.2) is 48.7 Å². The maximum Gasteiger partial charge on any atom is 0.416 e. The molecule has 7 nitrogen and oxygen atoms in total. The molecule has 3 aromatic rings. The number of aromatic nitrogens is 2. The molecule has 10 heteroatoms. The quantitative estimate of drug-likeness (QED) is 0.266. The van der Waals surface area contributed by atoms with Gasteiger partial charge in [0.15, 0.2) is 11.4 Å². The highest BCUT2D eigenvalue weighted by molar-refractivity contribution is 5.95.